The Morgan fingerprint density at radius 1 is 1.29 bits per heavy atom. The second kappa shape index (κ2) is 11.8. The van der Waals surface area contributed by atoms with Crippen LogP contribution in [0.4, 0.5) is 0 Å². The van der Waals surface area contributed by atoms with Crippen LogP contribution >= 0.6 is 11.6 Å². The average molecular weight is 468 g/mol. The number of hydrogen-bond donors (Lipinski definition) is 1. The normalized spacial score (nSPS) is 20.6. The van der Waals surface area contributed by atoms with Gasteiger partial charge in [0.1, 0.15) is 5.16 Å². The number of nitrogens with zero attached hydrogens (tertiary/aromatic N) is 4. The lowest BCUT2D eigenvalue weighted by Gasteiger charge is -2.35. The smallest absolute Gasteiger partial charge is 0.295 e. The Hall–Kier alpha value is -2.52. The van der Waals surface area contributed by atoms with Crippen LogP contribution in [0.5, 0.6) is 0 Å². The fourth-order valence-electron chi connectivity index (χ4n) is 2.57. The molecule has 0 radical (unpaired) electrons. The third-order valence-electron chi connectivity index (χ3n) is 4.51. The maximum Gasteiger partial charge on any atom is 0.295 e. The molecule has 10 heteroatoms. The summed E-state index contributed by atoms with van der Waals surface area (Å²) in [6.07, 6.45) is 5.18. The Labute approximate surface area is 189 Å². The first kappa shape index (κ1) is 26.5. The molecule has 0 aliphatic carbocycles. The van der Waals surface area contributed by atoms with Gasteiger partial charge in [0, 0.05) is 12.3 Å². The van der Waals surface area contributed by atoms with E-state index in [1.54, 1.807) is 26.8 Å². The monoisotopic (exact) mass is 467 g/mol. The molecule has 31 heavy (non-hydrogen) atoms. The molecule has 1 aliphatic rings. The Kier molecular flexibility index (Phi) is 10.1. The van der Waals surface area contributed by atoms with Crippen molar-refractivity contribution in [1.29, 1.82) is 0 Å². The van der Waals surface area contributed by atoms with Crippen molar-refractivity contribution in [3.63, 3.8) is 0 Å². The number of sulfone groups is 1. The Balaban J connectivity index is 3.17. The summed E-state index contributed by atoms with van der Waals surface area (Å²) < 4.78 is 24.0. The summed E-state index contributed by atoms with van der Waals surface area (Å²) in [5.41, 5.74) is 0.873. The SMILES string of the molecule is C=C(Cl)N=C1/C(=C\C)NC(=NCC(=C)N=C/C(=C\C)S(=O)(=O)CC)C(=O)N1[C@H](C)CC. The Bertz CT molecular complexity index is 990. The minimum absolute atomic E-state index is 0.00771. The van der Waals surface area contributed by atoms with E-state index in [1.165, 1.54) is 17.2 Å². The van der Waals surface area contributed by atoms with Gasteiger partial charge in [0.2, 0.25) is 0 Å². The standard InChI is InChI=1S/C21H30ClN5O3S/c1-8-15(6)27-20(25-16(7)22)18(10-3)26-19(21(27)28)24-12-14(5)23-13-17(9-2)31(29,30)11-4/h9-10,13,15H,5,7-8,11-12H2,1-4,6H3,(H,24,26)/b17-9+,18-10+,23-13?,25-20?/t15-/m1/s1. The molecule has 1 N–H and O–H groups in total. The molecule has 1 saturated heterocycles. The van der Waals surface area contributed by atoms with Gasteiger partial charge in [0.25, 0.3) is 5.91 Å². The molecule has 8 nitrogen and oxygen atoms in total. The van der Waals surface area contributed by atoms with Crippen molar-refractivity contribution in [2.75, 3.05) is 12.3 Å². The van der Waals surface area contributed by atoms with E-state index in [0.717, 1.165) is 0 Å². The molecular formula is C21H30ClN5O3S. The van der Waals surface area contributed by atoms with Gasteiger partial charge in [-0.2, -0.15) is 0 Å². The summed E-state index contributed by atoms with van der Waals surface area (Å²) >= 11 is 5.87. The molecule has 170 valence electrons. The van der Waals surface area contributed by atoms with E-state index < -0.39 is 9.84 Å². The highest BCUT2D eigenvalue weighted by atomic mass is 35.5. The minimum atomic E-state index is -3.37. The molecule has 1 amide bonds. The van der Waals surface area contributed by atoms with Crippen molar-refractivity contribution >= 4 is 45.2 Å². The molecule has 0 aromatic rings. The molecule has 0 spiro atoms. The van der Waals surface area contributed by atoms with Gasteiger partial charge in [-0.3, -0.25) is 19.7 Å². The van der Waals surface area contributed by atoms with Crippen LogP contribution in [0.1, 0.15) is 41.0 Å². The highest BCUT2D eigenvalue weighted by molar-refractivity contribution is 7.96. The zero-order valence-corrected chi connectivity index (χ0v) is 20.2. The first-order chi connectivity index (χ1) is 14.5. The predicted octanol–water partition coefficient (Wildman–Crippen LogP) is 3.55. The number of amidine groups is 2. The molecule has 0 saturated carbocycles. The summed E-state index contributed by atoms with van der Waals surface area (Å²) in [6, 6.07) is -0.151. The molecule has 0 aromatic heterocycles. The van der Waals surface area contributed by atoms with Crippen molar-refractivity contribution in [3.8, 4) is 0 Å². The number of carbonyl (C=O) groups is 1. The quantitative estimate of drug-likeness (QED) is 0.413. The van der Waals surface area contributed by atoms with Crippen LogP contribution < -0.4 is 5.32 Å². The lowest BCUT2D eigenvalue weighted by Crippen LogP contribution is -2.57. The van der Waals surface area contributed by atoms with E-state index >= 15 is 0 Å². The van der Waals surface area contributed by atoms with Crippen LogP contribution in [0.3, 0.4) is 0 Å². The average Bonchev–Trinajstić information content (AvgIpc) is 2.72. The maximum atomic E-state index is 13.1. The van der Waals surface area contributed by atoms with Crippen molar-refractivity contribution in [2.24, 2.45) is 15.0 Å². The number of hydrogen-bond acceptors (Lipinski definition) is 6. The number of carbonyl (C=O) groups excluding carboxylic acids is 1. The Morgan fingerprint density at radius 3 is 2.42 bits per heavy atom. The van der Waals surface area contributed by atoms with Crippen LogP contribution in [0.2, 0.25) is 0 Å². The largest absolute Gasteiger partial charge is 0.333 e. The molecule has 0 bridgehead atoms. The van der Waals surface area contributed by atoms with E-state index in [0.29, 0.717) is 23.7 Å². The zero-order chi connectivity index (χ0) is 23.8. The van der Waals surface area contributed by atoms with Crippen molar-refractivity contribution in [3.05, 3.63) is 46.8 Å². The van der Waals surface area contributed by atoms with Crippen molar-refractivity contribution < 1.29 is 13.2 Å². The summed E-state index contributed by atoms with van der Waals surface area (Å²) in [4.78, 5) is 27.3. The van der Waals surface area contributed by atoms with E-state index in [9.17, 15) is 13.2 Å². The highest BCUT2D eigenvalue weighted by Gasteiger charge is 2.35. The van der Waals surface area contributed by atoms with Crippen LogP contribution in [-0.4, -0.2) is 55.5 Å². The van der Waals surface area contributed by atoms with Crippen LogP contribution in [0.15, 0.2) is 61.7 Å². The van der Waals surface area contributed by atoms with E-state index in [2.05, 4.69) is 33.5 Å². The zero-order valence-electron chi connectivity index (χ0n) is 18.6. The van der Waals surface area contributed by atoms with Gasteiger partial charge >= 0.3 is 0 Å². The lowest BCUT2D eigenvalue weighted by atomic mass is 10.1. The molecule has 1 atom stereocenters. The first-order valence-electron chi connectivity index (χ1n) is 9.87. The van der Waals surface area contributed by atoms with Gasteiger partial charge in [-0.1, -0.05) is 50.8 Å². The highest BCUT2D eigenvalue weighted by Crippen LogP contribution is 2.18. The number of amides is 1. The molecule has 0 unspecified atom stereocenters. The number of nitrogens with one attached hydrogen (secondary N) is 1. The molecule has 1 aliphatic heterocycles. The first-order valence-corrected chi connectivity index (χ1v) is 11.9. The van der Waals surface area contributed by atoms with Gasteiger partial charge in [-0.15, -0.1) is 0 Å². The van der Waals surface area contributed by atoms with Gasteiger partial charge in [0.15, 0.2) is 21.5 Å². The minimum Gasteiger partial charge on any atom is -0.333 e. The number of allylic oxidation sites excluding steroid dienone is 3. The van der Waals surface area contributed by atoms with Gasteiger partial charge < -0.3 is 5.32 Å². The molecular weight excluding hydrogens is 438 g/mol. The Morgan fingerprint density at radius 2 is 1.94 bits per heavy atom. The van der Waals surface area contributed by atoms with Crippen LogP contribution in [0, 0.1) is 0 Å². The van der Waals surface area contributed by atoms with Crippen molar-refractivity contribution in [1.82, 2.24) is 10.2 Å². The van der Waals surface area contributed by atoms with E-state index in [4.69, 9.17) is 11.6 Å². The molecule has 1 heterocycles. The second-order valence-electron chi connectivity index (χ2n) is 6.66. The lowest BCUT2D eigenvalue weighted by molar-refractivity contribution is -0.122. The van der Waals surface area contributed by atoms with E-state index in [-0.39, 0.29) is 40.1 Å². The topological polar surface area (TPSA) is 104 Å². The third kappa shape index (κ3) is 7.00. The number of aliphatic imine (C=N–C) groups is 3. The number of piperazine rings is 1. The summed E-state index contributed by atoms with van der Waals surface area (Å²) in [5.74, 6) is 0.0924. The summed E-state index contributed by atoms with van der Waals surface area (Å²) in [6.45, 7) is 16.2. The number of rotatable bonds is 9. The van der Waals surface area contributed by atoms with E-state index in [1.807, 2.05) is 13.8 Å². The molecule has 1 fully saturated rings. The van der Waals surface area contributed by atoms with Crippen LogP contribution in [-0.2, 0) is 14.6 Å². The second-order valence-corrected chi connectivity index (χ2v) is 9.37. The van der Waals surface area contributed by atoms with Crippen LogP contribution in [0.25, 0.3) is 0 Å². The van der Waals surface area contributed by atoms with Gasteiger partial charge in [-0.05, 0) is 27.2 Å². The fourth-order valence-corrected chi connectivity index (χ4v) is 3.56. The summed E-state index contributed by atoms with van der Waals surface area (Å²) in [5, 5.41) is 3.03. The molecule has 1 rings (SSSR count). The molecule has 0 aromatic carbocycles. The summed E-state index contributed by atoms with van der Waals surface area (Å²) in [7, 11) is -3.37. The van der Waals surface area contributed by atoms with Crippen molar-refractivity contribution in [2.45, 2.75) is 47.1 Å². The fraction of sp³-hybridized carbons (Fsp3) is 0.429. The van der Waals surface area contributed by atoms with Gasteiger partial charge in [0.05, 0.1) is 28.6 Å². The van der Waals surface area contributed by atoms with Gasteiger partial charge in [-0.25, -0.2) is 13.4 Å². The third-order valence-corrected chi connectivity index (χ3v) is 6.41. The predicted molar refractivity (Wildman–Crippen MR) is 129 cm³/mol. The maximum absolute atomic E-state index is 13.1. The number of halogens is 1.